The Hall–Kier alpha value is -1.13. The molecule has 0 radical (unpaired) electrons. The molecule has 1 saturated heterocycles. The second-order valence-corrected chi connectivity index (χ2v) is 5.49. The molecule has 1 unspecified atom stereocenters. The number of anilines is 1. The van der Waals surface area contributed by atoms with Gasteiger partial charge in [0.1, 0.15) is 4.99 Å². The van der Waals surface area contributed by atoms with Crippen LogP contribution in [0.25, 0.3) is 0 Å². The lowest BCUT2D eigenvalue weighted by molar-refractivity contribution is 0.0839. The lowest BCUT2D eigenvalue weighted by atomic mass is 10.1. The van der Waals surface area contributed by atoms with Gasteiger partial charge in [-0.3, -0.25) is 0 Å². The van der Waals surface area contributed by atoms with Crippen LogP contribution in [0.15, 0.2) is 18.2 Å². The predicted octanol–water partition coefficient (Wildman–Crippen LogP) is 1.59. The molecule has 0 bridgehead atoms. The normalized spacial score (nSPS) is 24.1. The molecule has 1 aliphatic heterocycles. The lowest BCUT2D eigenvalue weighted by Crippen LogP contribution is -2.30. The van der Waals surface area contributed by atoms with Gasteiger partial charge in [-0.15, -0.1) is 0 Å². The molecule has 1 atom stereocenters. The van der Waals surface area contributed by atoms with Gasteiger partial charge in [0.2, 0.25) is 0 Å². The highest BCUT2D eigenvalue weighted by molar-refractivity contribution is 7.80. The van der Waals surface area contributed by atoms with Crippen molar-refractivity contribution < 1.29 is 5.11 Å². The first kappa shape index (κ1) is 12.3. The van der Waals surface area contributed by atoms with Gasteiger partial charge in [0.15, 0.2) is 0 Å². The number of rotatable bonds is 2. The van der Waals surface area contributed by atoms with Crippen LogP contribution in [0.5, 0.6) is 0 Å². The molecule has 3 nitrogen and oxygen atoms in total. The van der Waals surface area contributed by atoms with E-state index in [1.807, 2.05) is 26.0 Å². The van der Waals surface area contributed by atoms with Gasteiger partial charge in [-0.25, -0.2) is 0 Å². The van der Waals surface area contributed by atoms with Gasteiger partial charge in [0.25, 0.3) is 0 Å². The van der Waals surface area contributed by atoms with Crippen LogP contribution in [0, 0.1) is 6.92 Å². The van der Waals surface area contributed by atoms with Crippen LogP contribution >= 0.6 is 12.2 Å². The second-order valence-electron chi connectivity index (χ2n) is 5.05. The fourth-order valence-corrected chi connectivity index (χ4v) is 2.44. The minimum absolute atomic E-state index is 0.409. The van der Waals surface area contributed by atoms with E-state index >= 15 is 0 Å². The smallest absolute Gasteiger partial charge is 0.106 e. The highest BCUT2D eigenvalue weighted by Crippen LogP contribution is 2.29. The van der Waals surface area contributed by atoms with Gasteiger partial charge in [-0.05, 0) is 38.0 Å². The van der Waals surface area contributed by atoms with E-state index in [2.05, 4.69) is 11.0 Å². The summed E-state index contributed by atoms with van der Waals surface area (Å²) in [4.78, 5) is 2.56. The number of β-amino-alcohol motifs (C(OH)–C–C–N with tert-alkyl or cyclic N) is 1. The van der Waals surface area contributed by atoms with E-state index in [0.717, 1.165) is 24.2 Å². The van der Waals surface area contributed by atoms with E-state index in [1.165, 1.54) is 5.56 Å². The first-order chi connectivity index (χ1) is 7.89. The molecular weight excluding hydrogens is 232 g/mol. The number of thiocarbonyl (C=S) groups is 1. The average molecular weight is 250 g/mol. The molecule has 1 fully saturated rings. The average Bonchev–Trinajstić information content (AvgIpc) is 2.58. The number of hydrogen-bond donors (Lipinski definition) is 2. The number of nitrogens with two attached hydrogens (primary N) is 1. The van der Waals surface area contributed by atoms with E-state index in [-0.39, 0.29) is 0 Å². The van der Waals surface area contributed by atoms with Crippen molar-refractivity contribution in [3.05, 3.63) is 29.3 Å². The van der Waals surface area contributed by atoms with E-state index in [1.54, 1.807) is 0 Å². The summed E-state index contributed by atoms with van der Waals surface area (Å²) in [6.45, 7) is 5.38. The first-order valence-electron chi connectivity index (χ1n) is 5.77. The maximum absolute atomic E-state index is 10.0. The zero-order valence-electron chi connectivity index (χ0n) is 10.2. The van der Waals surface area contributed by atoms with Crippen molar-refractivity contribution in [1.29, 1.82) is 0 Å². The zero-order chi connectivity index (χ0) is 12.6. The predicted molar refractivity (Wildman–Crippen MR) is 74.5 cm³/mol. The molecule has 0 spiro atoms. The summed E-state index contributed by atoms with van der Waals surface area (Å²) in [7, 11) is 0. The third kappa shape index (κ3) is 2.58. The SMILES string of the molecule is Cc1ccc(C(N)=S)c(N2CCC(C)(O)C2)c1. The number of nitrogens with zero attached hydrogens (tertiary/aromatic N) is 1. The third-order valence-corrected chi connectivity index (χ3v) is 3.43. The topological polar surface area (TPSA) is 49.5 Å². The monoisotopic (exact) mass is 250 g/mol. The number of benzene rings is 1. The molecule has 1 aromatic carbocycles. The van der Waals surface area contributed by atoms with Crippen molar-refractivity contribution in [1.82, 2.24) is 0 Å². The quantitative estimate of drug-likeness (QED) is 0.783. The van der Waals surface area contributed by atoms with Gasteiger partial charge >= 0.3 is 0 Å². The summed E-state index contributed by atoms with van der Waals surface area (Å²) in [5.74, 6) is 0. The molecule has 0 amide bonds. The minimum atomic E-state index is -0.614. The fourth-order valence-electron chi connectivity index (χ4n) is 2.26. The van der Waals surface area contributed by atoms with Crippen LogP contribution in [0.4, 0.5) is 5.69 Å². The molecule has 2 rings (SSSR count). The molecule has 3 N–H and O–H groups in total. The highest BCUT2D eigenvalue weighted by atomic mass is 32.1. The molecule has 4 heteroatoms. The van der Waals surface area contributed by atoms with E-state index in [9.17, 15) is 5.11 Å². The molecular formula is C13H18N2OS. The van der Waals surface area contributed by atoms with E-state index in [4.69, 9.17) is 18.0 Å². The number of aryl methyl sites for hydroxylation is 1. The number of hydrogen-bond acceptors (Lipinski definition) is 3. The van der Waals surface area contributed by atoms with Crippen LogP contribution in [0.3, 0.4) is 0 Å². The molecule has 0 saturated carbocycles. The van der Waals surface area contributed by atoms with Gasteiger partial charge in [0.05, 0.1) is 5.60 Å². The lowest BCUT2D eigenvalue weighted by Gasteiger charge is -2.23. The Morgan fingerprint density at radius 1 is 1.53 bits per heavy atom. The van der Waals surface area contributed by atoms with Gasteiger partial charge in [-0.1, -0.05) is 18.3 Å². The molecule has 0 aliphatic carbocycles. The van der Waals surface area contributed by atoms with Crippen molar-refractivity contribution in [2.45, 2.75) is 25.9 Å². The van der Waals surface area contributed by atoms with Crippen molar-refractivity contribution in [2.75, 3.05) is 18.0 Å². The Bertz CT molecular complexity index is 457. The van der Waals surface area contributed by atoms with Crippen molar-refractivity contribution >= 4 is 22.9 Å². The van der Waals surface area contributed by atoms with Gasteiger partial charge in [-0.2, -0.15) is 0 Å². The van der Waals surface area contributed by atoms with Crippen LogP contribution in [-0.2, 0) is 0 Å². The van der Waals surface area contributed by atoms with E-state index in [0.29, 0.717) is 11.5 Å². The summed E-state index contributed by atoms with van der Waals surface area (Å²) in [6.07, 6.45) is 0.776. The van der Waals surface area contributed by atoms with Gasteiger partial charge in [0, 0.05) is 24.3 Å². The van der Waals surface area contributed by atoms with Crippen LogP contribution in [0.2, 0.25) is 0 Å². The van der Waals surface area contributed by atoms with Crippen LogP contribution < -0.4 is 10.6 Å². The van der Waals surface area contributed by atoms with Crippen LogP contribution in [-0.4, -0.2) is 28.8 Å². The molecule has 92 valence electrons. The van der Waals surface area contributed by atoms with E-state index < -0.39 is 5.60 Å². The third-order valence-electron chi connectivity index (χ3n) is 3.21. The summed E-state index contributed by atoms with van der Waals surface area (Å²) < 4.78 is 0. The molecule has 0 aromatic heterocycles. The summed E-state index contributed by atoms with van der Waals surface area (Å²) in [5.41, 5.74) is 8.23. The Labute approximate surface area is 107 Å². The van der Waals surface area contributed by atoms with Gasteiger partial charge < -0.3 is 15.7 Å². The maximum atomic E-state index is 10.0. The largest absolute Gasteiger partial charge is 0.389 e. The Morgan fingerprint density at radius 2 is 2.24 bits per heavy atom. The Balaban J connectivity index is 2.38. The zero-order valence-corrected chi connectivity index (χ0v) is 11.0. The highest BCUT2D eigenvalue weighted by Gasteiger charge is 2.32. The molecule has 17 heavy (non-hydrogen) atoms. The summed E-state index contributed by atoms with van der Waals surface area (Å²) in [5, 5.41) is 10.0. The van der Waals surface area contributed by atoms with Crippen molar-refractivity contribution in [3.8, 4) is 0 Å². The number of aliphatic hydroxyl groups is 1. The Kier molecular flexibility index (Phi) is 3.10. The maximum Gasteiger partial charge on any atom is 0.106 e. The first-order valence-corrected chi connectivity index (χ1v) is 6.18. The second kappa shape index (κ2) is 4.27. The molecule has 1 aromatic rings. The van der Waals surface area contributed by atoms with Crippen molar-refractivity contribution in [2.24, 2.45) is 5.73 Å². The van der Waals surface area contributed by atoms with Crippen LogP contribution in [0.1, 0.15) is 24.5 Å². The summed E-state index contributed by atoms with van der Waals surface area (Å²) in [6, 6.07) is 6.04. The fraction of sp³-hybridized carbons (Fsp3) is 0.462. The molecule has 1 aliphatic rings. The molecule has 1 heterocycles. The standard InChI is InChI=1S/C13H18N2OS/c1-9-3-4-10(12(14)17)11(7-9)15-6-5-13(2,16)8-15/h3-4,7,16H,5-6,8H2,1-2H3,(H2,14,17). The minimum Gasteiger partial charge on any atom is -0.389 e. The Morgan fingerprint density at radius 3 is 2.76 bits per heavy atom. The summed E-state index contributed by atoms with van der Waals surface area (Å²) >= 11 is 5.07. The van der Waals surface area contributed by atoms with Crippen molar-refractivity contribution in [3.63, 3.8) is 0 Å².